The number of halogens is 1. The van der Waals surface area contributed by atoms with Gasteiger partial charge in [0.15, 0.2) is 0 Å². The summed E-state index contributed by atoms with van der Waals surface area (Å²) in [6.07, 6.45) is 0.717. The van der Waals surface area contributed by atoms with E-state index in [1.54, 1.807) is 0 Å². The molecule has 0 spiro atoms. The highest BCUT2D eigenvalue weighted by molar-refractivity contribution is 7.89. The van der Waals surface area contributed by atoms with Gasteiger partial charge in [-0.25, -0.2) is 13.1 Å². The van der Waals surface area contributed by atoms with Gasteiger partial charge in [0.2, 0.25) is 10.0 Å². The van der Waals surface area contributed by atoms with Gasteiger partial charge in [-0.3, -0.25) is 0 Å². The standard InChI is InChI=1S/C13H18ClN3O2S/c1-9(2)5-11(16)8-17-20(18,19)13-6-10(7-15)3-4-12(13)14/h3-4,6,9,11,17H,5,8,16H2,1-2H3. The molecule has 0 aliphatic carbocycles. The molecule has 0 radical (unpaired) electrons. The van der Waals surface area contributed by atoms with E-state index in [1.807, 2.05) is 19.9 Å². The lowest BCUT2D eigenvalue weighted by Crippen LogP contribution is -2.38. The Morgan fingerprint density at radius 3 is 2.65 bits per heavy atom. The van der Waals surface area contributed by atoms with Crippen LogP contribution in [0.1, 0.15) is 25.8 Å². The minimum atomic E-state index is -3.77. The summed E-state index contributed by atoms with van der Waals surface area (Å²) in [6.45, 7) is 4.16. The van der Waals surface area contributed by atoms with Gasteiger partial charge < -0.3 is 5.73 Å². The van der Waals surface area contributed by atoms with Crippen molar-refractivity contribution >= 4 is 21.6 Å². The first-order chi connectivity index (χ1) is 9.26. The summed E-state index contributed by atoms with van der Waals surface area (Å²) < 4.78 is 26.7. The van der Waals surface area contributed by atoms with E-state index in [9.17, 15) is 8.42 Å². The van der Waals surface area contributed by atoms with Crippen LogP contribution in [0.4, 0.5) is 0 Å². The third-order valence-electron chi connectivity index (χ3n) is 2.66. The van der Waals surface area contributed by atoms with Gasteiger partial charge in [-0.1, -0.05) is 25.4 Å². The minimum absolute atomic E-state index is 0.0777. The molecule has 1 aromatic carbocycles. The average molecular weight is 316 g/mol. The van der Waals surface area contributed by atoms with Crippen molar-refractivity contribution in [1.29, 1.82) is 5.26 Å². The highest BCUT2D eigenvalue weighted by Gasteiger charge is 2.19. The molecule has 20 heavy (non-hydrogen) atoms. The molecular formula is C13H18ClN3O2S. The summed E-state index contributed by atoms with van der Waals surface area (Å²) in [6, 6.07) is 5.73. The summed E-state index contributed by atoms with van der Waals surface area (Å²) in [5.74, 6) is 0.389. The van der Waals surface area contributed by atoms with Crippen LogP contribution in [0, 0.1) is 17.2 Å². The number of hydrogen-bond acceptors (Lipinski definition) is 4. The number of nitrogens with one attached hydrogen (secondary N) is 1. The zero-order valence-corrected chi connectivity index (χ0v) is 13.0. The molecule has 0 aliphatic rings. The molecule has 0 saturated carbocycles. The van der Waals surface area contributed by atoms with Gasteiger partial charge in [0.1, 0.15) is 4.90 Å². The number of rotatable bonds is 6. The van der Waals surface area contributed by atoms with Crippen LogP contribution < -0.4 is 10.5 Å². The van der Waals surface area contributed by atoms with Crippen molar-refractivity contribution in [2.24, 2.45) is 11.7 Å². The van der Waals surface area contributed by atoms with Crippen molar-refractivity contribution in [1.82, 2.24) is 4.72 Å². The number of sulfonamides is 1. The van der Waals surface area contributed by atoms with E-state index < -0.39 is 10.0 Å². The fraction of sp³-hybridized carbons (Fsp3) is 0.462. The normalized spacial score (nSPS) is 13.2. The monoisotopic (exact) mass is 315 g/mol. The molecule has 0 heterocycles. The third kappa shape index (κ3) is 4.76. The Bertz CT molecular complexity index is 609. The lowest BCUT2D eigenvalue weighted by atomic mass is 10.1. The smallest absolute Gasteiger partial charge is 0.242 e. The zero-order chi connectivity index (χ0) is 15.3. The second-order valence-electron chi connectivity index (χ2n) is 5.00. The number of nitrogens with two attached hydrogens (primary N) is 1. The maximum Gasteiger partial charge on any atom is 0.242 e. The molecule has 0 aromatic heterocycles. The Labute approximate surface area is 124 Å². The molecule has 1 aromatic rings. The van der Waals surface area contributed by atoms with Crippen LogP contribution in [0.25, 0.3) is 0 Å². The number of hydrogen-bond donors (Lipinski definition) is 2. The summed E-state index contributed by atoms with van der Waals surface area (Å²) in [5, 5.41) is 8.89. The fourth-order valence-electron chi connectivity index (χ4n) is 1.76. The Hall–Kier alpha value is -1.13. The van der Waals surface area contributed by atoms with E-state index in [2.05, 4.69) is 4.72 Å². The van der Waals surface area contributed by atoms with Crippen molar-refractivity contribution in [3.05, 3.63) is 28.8 Å². The number of nitrogens with zero attached hydrogens (tertiary/aromatic N) is 1. The van der Waals surface area contributed by atoms with Gasteiger partial charge in [0.05, 0.1) is 16.7 Å². The average Bonchev–Trinajstić information content (AvgIpc) is 2.36. The van der Waals surface area contributed by atoms with E-state index >= 15 is 0 Å². The fourth-order valence-corrected chi connectivity index (χ4v) is 3.38. The molecule has 0 fully saturated rings. The van der Waals surface area contributed by atoms with Crippen LogP contribution in [0.5, 0.6) is 0 Å². The molecule has 0 saturated heterocycles. The molecule has 5 nitrogen and oxygen atoms in total. The van der Waals surface area contributed by atoms with Gasteiger partial charge in [0, 0.05) is 12.6 Å². The van der Waals surface area contributed by atoms with E-state index in [0.717, 1.165) is 0 Å². The molecule has 110 valence electrons. The van der Waals surface area contributed by atoms with Crippen molar-refractivity contribution < 1.29 is 8.42 Å². The molecule has 1 rings (SSSR count). The van der Waals surface area contributed by atoms with Gasteiger partial charge in [-0.15, -0.1) is 0 Å². The maximum atomic E-state index is 12.2. The van der Waals surface area contributed by atoms with Crippen LogP contribution in [-0.2, 0) is 10.0 Å². The predicted molar refractivity (Wildman–Crippen MR) is 78.8 cm³/mol. The first-order valence-electron chi connectivity index (χ1n) is 6.21. The first-order valence-corrected chi connectivity index (χ1v) is 8.07. The second-order valence-corrected chi connectivity index (χ2v) is 7.14. The topological polar surface area (TPSA) is 96.0 Å². The van der Waals surface area contributed by atoms with Gasteiger partial charge in [-0.05, 0) is 30.5 Å². The first kappa shape index (κ1) is 16.9. The quantitative estimate of drug-likeness (QED) is 0.837. The molecule has 1 atom stereocenters. The van der Waals surface area contributed by atoms with E-state index in [4.69, 9.17) is 22.6 Å². The Morgan fingerprint density at radius 1 is 1.45 bits per heavy atom. The van der Waals surface area contributed by atoms with E-state index in [1.165, 1.54) is 18.2 Å². The van der Waals surface area contributed by atoms with Gasteiger partial charge in [0.25, 0.3) is 0 Å². The highest BCUT2D eigenvalue weighted by atomic mass is 35.5. The zero-order valence-electron chi connectivity index (χ0n) is 11.4. The molecule has 0 amide bonds. The van der Waals surface area contributed by atoms with Crippen LogP contribution in [0.3, 0.4) is 0 Å². The van der Waals surface area contributed by atoms with E-state index in [0.29, 0.717) is 12.3 Å². The van der Waals surface area contributed by atoms with Crippen molar-refractivity contribution in [2.75, 3.05) is 6.54 Å². The van der Waals surface area contributed by atoms with Crippen LogP contribution >= 0.6 is 11.6 Å². The Morgan fingerprint density at radius 2 is 2.10 bits per heavy atom. The van der Waals surface area contributed by atoms with E-state index in [-0.39, 0.29) is 28.1 Å². The second kappa shape index (κ2) is 7.04. The van der Waals surface area contributed by atoms with Crippen molar-refractivity contribution in [3.8, 4) is 6.07 Å². The maximum absolute atomic E-state index is 12.2. The van der Waals surface area contributed by atoms with Crippen LogP contribution in [0.15, 0.2) is 23.1 Å². The summed E-state index contributed by atoms with van der Waals surface area (Å²) in [5.41, 5.74) is 6.08. The molecule has 0 bridgehead atoms. The summed E-state index contributed by atoms with van der Waals surface area (Å²) in [7, 11) is -3.77. The predicted octanol–water partition coefficient (Wildman–Crippen LogP) is 1.86. The molecule has 3 N–H and O–H groups in total. The van der Waals surface area contributed by atoms with Crippen molar-refractivity contribution in [3.63, 3.8) is 0 Å². The highest BCUT2D eigenvalue weighted by Crippen LogP contribution is 2.22. The summed E-state index contributed by atoms with van der Waals surface area (Å²) >= 11 is 5.88. The molecule has 7 heteroatoms. The van der Waals surface area contributed by atoms with Crippen LogP contribution in [0.2, 0.25) is 5.02 Å². The Balaban J connectivity index is 2.87. The lowest BCUT2D eigenvalue weighted by Gasteiger charge is -2.15. The van der Waals surface area contributed by atoms with Gasteiger partial charge in [-0.2, -0.15) is 5.26 Å². The molecular weight excluding hydrogens is 298 g/mol. The Kier molecular flexibility index (Phi) is 5.96. The third-order valence-corrected chi connectivity index (χ3v) is 4.56. The SMILES string of the molecule is CC(C)CC(N)CNS(=O)(=O)c1cc(C#N)ccc1Cl. The number of nitriles is 1. The minimum Gasteiger partial charge on any atom is -0.327 e. The van der Waals surface area contributed by atoms with Crippen LogP contribution in [-0.4, -0.2) is 21.0 Å². The summed E-state index contributed by atoms with van der Waals surface area (Å²) in [4.78, 5) is -0.102. The number of benzene rings is 1. The molecule has 0 aliphatic heterocycles. The largest absolute Gasteiger partial charge is 0.327 e. The van der Waals surface area contributed by atoms with Gasteiger partial charge >= 0.3 is 0 Å². The molecule has 1 unspecified atom stereocenters. The van der Waals surface area contributed by atoms with Crippen molar-refractivity contribution in [2.45, 2.75) is 31.2 Å². The lowest BCUT2D eigenvalue weighted by molar-refractivity contribution is 0.486.